The Morgan fingerprint density at radius 2 is 2.07 bits per heavy atom. The Hall–Kier alpha value is -0.310. The highest BCUT2D eigenvalue weighted by atomic mass is 32.2. The molecule has 0 aliphatic heterocycles. The Morgan fingerprint density at radius 1 is 1.47 bits per heavy atom. The van der Waals surface area contributed by atoms with Crippen LogP contribution in [0.3, 0.4) is 0 Å². The second-order valence-electron chi connectivity index (χ2n) is 2.90. The van der Waals surface area contributed by atoms with Gasteiger partial charge in [0, 0.05) is 6.61 Å². The fourth-order valence-electron chi connectivity index (χ4n) is 0.673. The first-order valence-corrected chi connectivity index (χ1v) is 6.11. The number of alkyl halides is 2. The molecule has 0 fully saturated rings. The lowest BCUT2D eigenvalue weighted by atomic mass is 10.3. The first kappa shape index (κ1) is 14.7. The number of rotatable bonds is 8. The minimum Gasteiger partial charge on any atom is -0.381 e. The molecule has 92 valence electrons. The average molecular weight is 246 g/mol. The second kappa shape index (κ2) is 6.31. The van der Waals surface area contributed by atoms with Crippen LogP contribution in [0.15, 0.2) is 0 Å². The molecule has 0 amide bonds. The highest BCUT2D eigenvalue weighted by Gasteiger charge is 2.28. The highest BCUT2D eigenvalue weighted by Crippen LogP contribution is 2.09. The van der Waals surface area contributed by atoms with Crippen molar-refractivity contribution in [1.82, 2.24) is 4.72 Å². The Kier molecular flexibility index (Phi) is 6.18. The molecule has 0 spiro atoms. The van der Waals surface area contributed by atoms with Crippen molar-refractivity contribution in [1.29, 1.82) is 0 Å². The van der Waals surface area contributed by atoms with Gasteiger partial charge >= 0.3 is 0 Å². The molecule has 0 aromatic rings. The van der Waals surface area contributed by atoms with Crippen molar-refractivity contribution in [2.45, 2.75) is 12.8 Å². The molecule has 0 saturated heterocycles. The Morgan fingerprint density at radius 3 is 2.53 bits per heavy atom. The maximum absolute atomic E-state index is 12.6. The summed E-state index contributed by atoms with van der Waals surface area (Å²) in [6, 6.07) is 0. The second-order valence-corrected chi connectivity index (χ2v) is 4.82. The van der Waals surface area contributed by atoms with Crippen LogP contribution in [-0.4, -0.2) is 46.4 Å². The molecular formula is C7H16F2N2O3S. The summed E-state index contributed by atoms with van der Waals surface area (Å²) in [6.45, 7) is 0.218. The maximum atomic E-state index is 12.6. The smallest absolute Gasteiger partial charge is 0.273 e. The predicted octanol–water partition coefficient (Wildman–Crippen LogP) is -0.464. The fourth-order valence-corrected chi connectivity index (χ4v) is 1.59. The molecule has 5 nitrogen and oxygen atoms in total. The van der Waals surface area contributed by atoms with Crippen molar-refractivity contribution >= 4 is 10.0 Å². The van der Waals surface area contributed by atoms with Gasteiger partial charge in [-0.15, -0.1) is 0 Å². The molecule has 0 atom stereocenters. The van der Waals surface area contributed by atoms with Gasteiger partial charge in [-0.05, 0) is 6.92 Å². The number of ether oxygens (including phenoxy) is 1. The van der Waals surface area contributed by atoms with E-state index in [9.17, 15) is 17.2 Å². The molecule has 8 heteroatoms. The minimum atomic E-state index is -3.71. The van der Waals surface area contributed by atoms with Crippen LogP contribution in [0.4, 0.5) is 8.78 Å². The number of hydrogen-bond donors (Lipinski definition) is 2. The first-order chi connectivity index (χ1) is 6.83. The topological polar surface area (TPSA) is 81.4 Å². The van der Waals surface area contributed by atoms with E-state index in [1.807, 2.05) is 0 Å². The molecule has 0 rings (SSSR count). The van der Waals surface area contributed by atoms with E-state index in [0.717, 1.165) is 0 Å². The average Bonchev–Trinajstić information content (AvgIpc) is 2.16. The number of hydrogen-bond acceptors (Lipinski definition) is 4. The van der Waals surface area contributed by atoms with Crippen LogP contribution in [0, 0.1) is 0 Å². The van der Waals surface area contributed by atoms with Crippen molar-refractivity contribution < 1.29 is 21.9 Å². The zero-order valence-electron chi connectivity index (χ0n) is 8.50. The van der Waals surface area contributed by atoms with E-state index < -0.39 is 29.0 Å². The number of sulfonamides is 1. The predicted molar refractivity (Wildman–Crippen MR) is 52.3 cm³/mol. The molecule has 3 N–H and O–H groups in total. The summed E-state index contributed by atoms with van der Waals surface area (Å²) in [5, 5.41) is 0. The quantitative estimate of drug-likeness (QED) is 0.568. The summed E-state index contributed by atoms with van der Waals surface area (Å²) in [6.07, 6.45) is 0. The van der Waals surface area contributed by atoms with Gasteiger partial charge in [-0.3, -0.25) is 0 Å². The lowest BCUT2D eigenvalue weighted by molar-refractivity contribution is 0.0170. The molecule has 0 aromatic carbocycles. The van der Waals surface area contributed by atoms with E-state index in [1.165, 1.54) is 0 Å². The summed E-state index contributed by atoms with van der Waals surface area (Å²) in [4.78, 5) is 0. The van der Waals surface area contributed by atoms with Gasteiger partial charge in [-0.1, -0.05) is 0 Å². The van der Waals surface area contributed by atoms with Crippen LogP contribution in [-0.2, 0) is 14.8 Å². The molecule has 0 bridgehead atoms. The Balaban J connectivity index is 3.94. The zero-order valence-corrected chi connectivity index (χ0v) is 9.32. The van der Waals surface area contributed by atoms with Crippen LogP contribution in [0.1, 0.15) is 6.92 Å². The SMILES string of the molecule is CCOCCS(=O)(=O)NCC(F)(F)CN. The number of nitrogens with two attached hydrogens (primary N) is 1. The maximum Gasteiger partial charge on any atom is 0.273 e. The summed E-state index contributed by atoms with van der Waals surface area (Å²) >= 11 is 0. The zero-order chi connectivity index (χ0) is 11.9. The number of halogens is 2. The summed E-state index contributed by atoms with van der Waals surface area (Å²) in [5.74, 6) is -3.54. The third kappa shape index (κ3) is 7.60. The van der Waals surface area contributed by atoms with Crippen LogP contribution >= 0.6 is 0 Å². The molecular weight excluding hydrogens is 230 g/mol. The van der Waals surface area contributed by atoms with Crippen LogP contribution in [0.5, 0.6) is 0 Å². The van der Waals surface area contributed by atoms with Gasteiger partial charge in [0.15, 0.2) is 0 Å². The molecule has 0 aliphatic rings. The third-order valence-electron chi connectivity index (χ3n) is 1.55. The van der Waals surface area contributed by atoms with Crippen LogP contribution in [0.2, 0.25) is 0 Å². The summed E-state index contributed by atoms with van der Waals surface area (Å²) < 4.78 is 53.9. The van der Waals surface area contributed by atoms with Gasteiger partial charge in [0.05, 0.1) is 25.4 Å². The van der Waals surface area contributed by atoms with E-state index >= 15 is 0 Å². The van der Waals surface area contributed by atoms with Gasteiger partial charge in [0.2, 0.25) is 10.0 Å². The van der Waals surface area contributed by atoms with Gasteiger partial charge < -0.3 is 10.5 Å². The summed E-state index contributed by atoms with van der Waals surface area (Å²) in [5.41, 5.74) is 4.75. The molecule has 0 saturated carbocycles. The van der Waals surface area contributed by atoms with Gasteiger partial charge in [-0.25, -0.2) is 21.9 Å². The molecule has 0 aliphatic carbocycles. The molecule has 0 heterocycles. The van der Waals surface area contributed by atoms with E-state index in [4.69, 9.17) is 10.5 Å². The molecule has 0 unspecified atom stereocenters. The van der Waals surface area contributed by atoms with Crippen LogP contribution < -0.4 is 10.5 Å². The van der Waals surface area contributed by atoms with Crippen molar-refractivity contribution in [2.24, 2.45) is 5.73 Å². The largest absolute Gasteiger partial charge is 0.381 e. The lowest BCUT2D eigenvalue weighted by Crippen LogP contribution is -2.42. The number of nitrogens with one attached hydrogen (secondary N) is 1. The molecule has 0 aromatic heterocycles. The Bertz CT molecular complexity index is 269. The van der Waals surface area contributed by atoms with Crippen molar-refractivity contribution in [3.05, 3.63) is 0 Å². The third-order valence-corrected chi connectivity index (χ3v) is 2.84. The normalized spacial score (nSPS) is 13.1. The van der Waals surface area contributed by atoms with Crippen molar-refractivity contribution in [3.63, 3.8) is 0 Å². The van der Waals surface area contributed by atoms with Crippen molar-refractivity contribution in [2.75, 3.05) is 32.1 Å². The van der Waals surface area contributed by atoms with Gasteiger partial charge in [-0.2, -0.15) is 0 Å². The monoisotopic (exact) mass is 246 g/mol. The van der Waals surface area contributed by atoms with E-state index in [0.29, 0.717) is 6.61 Å². The fraction of sp³-hybridized carbons (Fsp3) is 1.00. The molecule has 0 radical (unpaired) electrons. The van der Waals surface area contributed by atoms with Gasteiger partial charge in [0.1, 0.15) is 0 Å². The van der Waals surface area contributed by atoms with Gasteiger partial charge in [0.25, 0.3) is 5.92 Å². The van der Waals surface area contributed by atoms with E-state index in [1.54, 1.807) is 11.6 Å². The highest BCUT2D eigenvalue weighted by molar-refractivity contribution is 7.89. The standard InChI is InChI=1S/C7H16F2N2O3S/c1-2-14-3-4-15(12,13)11-6-7(8,9)5-10/h11H,2-6,10H2,1H3. The minimum absolute atomic E-state index is 0.0139. The van der Waals surface area contributed by atoms with Crippen LogP contribution in [0.25, 0.3) is 0 Å². The van der Waals surface area contributed by atoms with Crippen molar-refractivity contribution in [3.8, 4) is 0 Å². The van der Waals surface area contributed by atoms with E-state index in [-0.39, 0.29) is 12.4 Å². The molecule has 15 heavy (non-hydrogen) atoms. The van der Waals surface area contributed by atoms with E-state index in [2.05, 4.69) is 0 Å². The lowest BCUT2D eigenvalue weighted by Gasteiger charge is -2.14. The Labute approximate surface area is 88.0 Å². The summed E-state index contributed by atoms with van der Waals surface area (Å²) in [7, 11) is -3.71. The first-order valence-electron chi connectivity index (χ1n) is 4.46.